The number of nitrogens with one attached hydrogen (secondary N) is 1. The first kappa shape index (κ1) is 8.79. The van der Waals surface area contributed by atoms with E-state index in [0.29, 0.717) is 23.6 Å². The first-order chi connectivity index (χ1) is 6.01. The second-order valence-corrected chi connectivity index (χ2v) is 5.02. The molecule has 3 aliphatic carbocycles. The molecule has 0 spiro atoms. The van der Waals surface area contributed by atoms with Crippen molar-refractivity contribution in [1.29, 1.82) is 5.41 Å². The van der Waals surface area contributed by atoms with Crippen molar-refractivity contribution >= 4 is 5.84 Å². The highest BCUT2D eigenvalue weighted by atomic mass is 14.7. The number of amidine groups is 1. The van der Waals surface area contributed by atoms with Crippen molar-refractivity contribution in [3.8, 4) is 0 Å². The number of hydrogen-bond donors (Lipinski definition) is 2. The summed E-state index contributed by atoms with van der Waals surface area (Å²) in [5.41, 5.74) is 7.32. The summed E-state index contributed by atoms with van der Waals surface area (Å²) in [5.74, 6) is 1.90. The van der Waals surface area contributed by atoms with Crippen molar-refractivity contribution in [3.63, 3.8) is 0 Å². The minimum atomic E-state index is 0.312. The highest BCUT2D eigenvalue weighted by Gasteiger charge is 2.50. The number of allylic oxidation sites excluding steroid dienone is 1. The van der Waals surface area contributed by atoms with Crippen LogP contribution in [0, 0.1) is 22.7 Å². The average molecular weight is 178 g/mol. The molecule has 0 aromatic carbocycles. The molecule has 13 heavy (non-hydrogen) atoms. The van der Waals surface area contributed by atoms with E-state index >= 15 is 0 Å². The highest BCUT2D eigenvalue weighted by Crippen LogP contribution is 2.59. The summed E-state index contributed by atoms with van der Waals surface area (Å²) in [6.07, 6.45) is 5.53. The Morgan fingerprint density at radius 3 is 2.85 bits per heavy atom. The Labute approximate surface area is 79.7 Å². The topological polar surface area (TPSA) is 49.9 Å². The molecular weight excluding hydrogens is 160 g/mol. The minimum absolute atomic E-state index is 0.312. The molecule has 0 amide bonds. The van der Waals surface area contributed by atoms with Crippen molar-refractivity contribution in [2.45, 2.75) is 33.1 Å². The van der Waals surface area contributed by atoms with Gasteiger partial charge in [0.15, 0.2) is 0 Å². The number of fused-ring (bicyclic) bond motifs is 1. The minimum Gasteiger partial charge on any atom is -0.387 e. The molecule has 1 fully saturated rings. The van der Waals surface area contributed by atoms with Crippen LogP contribution in [0.1, 0.15) is 33.1 Å². The van der Waals surface area contributed by atoms with Gasteiger partial charge in [0.2, 0.25) is 0 Å². The van der Waals surface area contributed by atoms with E-state index in [1.807, 2.05) is 0 Å². The summed E-state index contributed by atoms with van der Waals surface area (Å²) in [6.45, 7) is 4.69. The average Bonchev–Trinajstić information content (AvgIpc) is 2.03. The van der Waals surface area contributed by atoms with E-state index in [0.717, 1.165) is 5.92 Å². The molecule has 3 rings (SSSR count). The van der Waals surface area contributed by atoms with Crippen molar-refractivity contribution < 1.29 is 0 Å². The summed E-state index contributed by atoms with van der Waals surface area (Å²) >= 11 is 0. The van der Waals surface area contributed by atoms with Crippen molar-refractivity contribution in [3.05, 3.63) is 11.6 Å². The fraction of sp³-hybridized carbons (Fsp3) is 0.727. The Morgan fingerprint density at radius 2 is 2.38 bits per heavy atom. The van der Waals surface area contributed by atoms with Crippen LogP contribution in [0.5, 0.6) is 0 Å². The van der Waals surface area contributed by atoms with Crippen molar-refractivity contribution in [2.75, 3.05) is 0 Å². The van der Waals surface area contributed by atoms with E-state index in [4.69, 9.17) is 11.1 Å². The first-order valence-corrected chi connectivity index (χ1v) is 5.03. The Hall–Kier alpha value is -0.790. The normalized spacial score (nSPS) is 34.8. The van der Waals surface area contributed by atoms with Gasteiger partial charge in [-0.2, -0.15) is 0 Å². The Morgan fingerprint density at radius 1 is 1.69 bits per heavy atom. The van der Waals surface area contributed by atoms with Gasteiger partial charge in [-0.05, 0) is 30.1 Å². The smallest absolute Gasteiger partial charge is 0.0946 e. The molecule has 2 unspecified atom stereocenters. The van der Waals surface area contributed by atoms with Gasteiger partial charge < -0.3 is 5.73 Å². The van der Waals surface area contributed by atoms with Crippen molar-refractivity contribution in [2.24, 2.45) is 23.0 Å². The summed E-state index contributed by atoms with van der Waals surface area (Å²) in [5, 5.41) is 7.30. The lowest BCUT2D eigenvalue weighted by molar-refractivity contribution is -0.00685. The first-order valence-electron chi connectivity index (χ1n) is 5.03. The van der Waals surface area contributed by atoms with Gasteiger partial charge in [-0.15, -0.1) is 0 Å². The van der Waals surface area contributed by atoms with Gasteiger partial charge in [0.1, 0.15) is 0 Å². The lowest BCUT2D eigenvalue weighted by Crippen LogP contribution is -2.48. The van der Waals surface area contributed by atoms with Crippen molar-refractivity contribution in [1.82, 2.24) is 0 Å². The molecule has 0 radical (unpaired) electrons. The van der Waals surface area contributed by atoms with Crippen LogP contribution in [0.25, 0.3) is 0 Å². The van der Waals surface area contributed by atoms with E-state index in [1.165, 1.54) is 18.4 Å². The van der Waals surface area contributed by atoms with E-state index in [9.17, 15) is 0 Å². The molecule has 2 nitrogen and oxygen atoms in total. The molecule has 72 valence electrons. The standard InChI is InChI=1S/C11H18N2/c1-11(2)8-4-3-7(5-10(12)13)9(11)6-8/h3,8-9H,4-6H2,1-2H3,(H3,12,13). The SMILES string of the molecule is CC1(C)C2CC=C(CC(=N)N)C1C2. The maximum atomic E-state index is 7.30. The highest BCUT2D eigenvalue weighted by molar-refractivity contribution is 5.79. The lowest BCUT2D eigenvalue weighted by Gasteiger charge is -2.56. The second kappa shape index (κ2) is 2.60. The summed E-state index contributed by atoms with van der Waals surface area (Å²) < 4.78 is 0. The predicted octanol–water partition coefficient (Wildman–Crippen LogP) is 2.30. The third-order valence-electron chi connectivity index (χ3n) is 3.98. The molecule has 0 aromatic heterocycles. The van der Waals surface area contributed by atoms with Gasteiger partial charge in [-0.3, -0.25) is 5.41 Å². The van der Waals surface area contributed by atoms with Crippen LogP contribution in [0.15, 0.2) is 11.6 Å². The van der Waals surface area contributed by atoms with E-state index in [1.54, 1.807) is 0 Å². The van der Waals surface area contributed by atoms with E-state index in [2.05, 4.69) is 19.9 Å². The lowest BCUT2D eigenvalue weighted by atomic mass is 9.48. The van der Waals surface area contributed by atoms with Gasteiger partial charge in [0, 0.05) is 6.42 Å². The quantitative estimate of drug-likeness (QED) is 0.380. The molecule has 0 heterocycles. The fourth-order valence-corrected chi connectivity index (χ4v) is 2.90. The predicted molar refractivity (Wildman–Crippen MR) is 54.6 cm³/mol. The Kier molecular flexibility index (Phi) is 1.76. The van der Waals surface area contributed by atoms with Gasteiger partial charge in [0.05, 0.1) is 5.84 Å². The summed E-state index contributed by atoms with van der Waals surface area (Å²) in [4.78, 5) is 0. The number of rotatable bonds is 2. The van der Waals surface area contributed by atoms with Crippen LogP contribution in [-0.2, 0) is 0 Å². The third kappa shape index (κ3) is 1.19. The number of hydrogen-bond acceptors (Lipinski definition) is 1. The molecule has 2 bridgehead atoms. The molecule has 0 aromatic rings. The monoisotopic (exact) mass is 178 g/mol. The van der Waals surface area contributed by atoms with Crippen LogP contribution < -0.4 is 5.73 Å². The zero-order chi connectivity index (χ0) is 9.64. The molecule has 0 aliphatic heterocycles. The van der Waals surface area contributed by atoms with E-state index < -0.39 is 0 Å². The van der Waals surface area contributed by atoms with Crippen LogP contribution in [-0.4, -0.2) is 5.84 Å². The fourth-order valence-electron chi connectivity index (χ4n) is 2.90. The third-order valence-corrected chi connectivity index (χ3v) is 3.98. The molecule has 3 aliphatic rings. The van der Waals surface area contributed by atoms with E-state index in [-0.39, 0.29) is 0 Å². The Balaban J connectivity index is 2.14. The van der Waals surface area contributed by atoms with Gasteiger partial charge in [-0.1, -0.05) is 25.5 Å². The summed E-state index contributed by atoms with van der Waals surface area (Å²) in [6, 6.07) is 0. The molecule has 3 N–H and O–H groups in total. The maximum absolute atomic E-state index is 7.30. The Bertz CT molecular complexity index is 276. The van der Waals surface area contributed by atoms with Gasteiger partial charge in [-0.25, -0.2) is 0 Å². The molecular formula is C11H18N2. The largest absolute Gasteiger partial charge is 0.387 e. The van der Waals surface area contributed by atoms with Crippen LogP contribution in [0.2, 0.25) is 0 Å². The van der Waals surface area contributed by atoms with Crippen LogP contribution in [0.3, 0.4) is 0 Å². The number of nitrogens with two attached hydrogens (primary N) is 1. The molecule has 0 saturated heterocycles. The second-order valence-electron chi connectivity index (χ2n) is 5.02. The summed E-state index contributed by atoms with van der Waals surface area (Å²) in [7, 11) is 0. The molecule has 2 heteroatoms. The van der Waals surface area contributed by atoms with Crippen LogP contribution in [0.4, 0.5) is 0 Å². The maximum Gasteiger partial charge on any atom is 0.0946 e. The zero-order valence-electron chi connectivity index (χ0n) is 8.43. The molecule has 2 atom stereocenters. The zero-order valence-corrected chi connectivity index (χ0v) is 8.43. The van der Waals surface area contributed by atoms with Crippen LogP contribution >= 0.6 is 0 Å². The van der Waals surface area contributed by atoms with Gasteiger partial charge >= 0.3 is 0 Å². The molecule has 1 saturated carbocycles. The van der Waals surface area contributed by atoms with Gasteiger partial charge in [0.25, 0.3) is 0 Å².